The number of para-hydroxylation sites is 1. The van der Waals surface area contributed by atoms with Gasteiger partial charge >= 0.3 is 0 Å². The number of benzene rings is 5. The molecule has 0 spiro atoms. The highest BCUT2D eigenvalue weighted by Gasteiger charge is 2.13. The average Bonchev–Trinajstić information content (AvgIpc) is 2.85. The summed E-state index contributed by atoms with van der Waals surface area (Å²) in [7, 11) is 2.11. The van der Waals surface area contributed by atoms with Gasteiger partial charge in [-0.1, -0.05) is 60.7 Å². The van der Waals surface area contributed by atoms with E-state index in [0.29, 0.717) is 0 Å². The summed E-state index contributed by atoms with van der Waals surface area (Å²) in [6, 6.07) is 43.0. The SMILES string of the molecule is Cc1cccc(N(C)c2ccc(N(c3ccccc3)c3ccc4ccccc4c3)cc2)c1. The maximum atomic E-state index is 2.31. The molecule has 0 aliphatic heterocycles. The van der Waals surface area contributed by atoms with Crippen LogP contribution in [0.3, 0.4) is 0 Å². The molecule has 0 aliphatic rings. The average molecular weight is 415 g/mol. The molecule has 0 heterocycles. The molecule has 0 aliphatic carbocycles. The van der Waals surface area contributed by atoms with E-state index >= 15 is 0 Å². The molecule has 0 N–H and O–H groups in total. The second-order valence-electron chi connectivity index (χ2n) is 8.12. The van der Waals surface area contributed by atoms with Gasteiger partial charge in [-0.05, 0) is 83.9 Å². The van der Waals surface area contributed by atoms with Crippen molar-refractivity contribution in [2.24, 2.45) is 0 Å². The number of fused-ring (bicyclic) bond motifs is 1. The summed E-state index contributed by atoms with van der Waals surface area (Å²) in [5.74, 6) is 0. The van der Waals surface area contributed by atoms with Gasteiger partial charge in [-0.25, -0.2) is 0 Å². The Morgan fingerprint density at radius 3 is 1.78 bits per heavy atom. The smallest absolute Gasteiger partial charge is 0.0468 e. The van der Waals surface area contributed by atoms with Crippen LogP contribution in [0, 0.1) is 6.92 Å². The summed E-state index contributed by atoms with van der Waals surface area (Å²) in [5, 5.41) is 2.49. The Labute approximate surface area is 190 Å². The van der Waals surface area contributed by atoms with E-state index in [1.54, 1.807) is 0 Å². The van der Waals surface area contributed by atoms with Crippen molar-refractivity contribution >= 4 is 39.2 Å². The normalized spacial score (nSPS) is 10.8. The molecule has 0 atom stereocenters. The van der Waals surface area contributed by atoms with Gasteiger partial charge in [-0.3, -0.25) is 0 Å². The monoisotopic (exact) mass is 414 g/mol. The first-order valence-corrected chi connectivity index (χ1v) is 10.9. The van der Waals surface area contributed by atoms with E-state index in [9.17, 15) is 0 Å². The van der Waals surface area contributed by atoms with Gasteiger partial charge in [0.25, 0.3) is 0 Å². The van der Waals surface area contributed by atoms with E-state index in [-0.39, 0.29) is 0 Å². The van der Waals surface area contributed by atoms with E-state index in [0.717, 1.165) is 22.7 Å². The molecule has 0 amide bonds. The van der Waals surface area contributed by atoms with Crippen LogP contribution in [0.1, 0.15) is 5.56 Å². The molecule has 0 unspecified atom stereocenters. The maximum absolute atomic E-state index is 2.31. The summed E-state index contributed by atoms with van der Waals surface area (Å²) < 4.78 is 0. The van der Waals surface area contributed by atoms with Crippen LogP contribution in [0.4, 0.5) is 28.4 Å². The molecule has 156 valence electrons. The fourth-order valence-corrected chi connectivity index (χ4v) is 4.15. The molecule has 0 fully saturated rings. The van der Waals surface area contributed by atoms with Gasteiger partial charge in [0.1, 0.15) is 0 Å². The fourth-order valence-electron chi connectivity index (χ4n) is 4.15. The highest BCUT2D eigenvalue weighted by atomic mass is 15.1. The predicted molar refractivity (Wildman–Crippen MR) is 138 cm³/mol. The first-order valence-electron chi connectivity index (χ1n) is 10.9. The van der Waals surface area contributed by atoms with Crippen molar-refractivity contribution in [3.8, 4) is 0 Å². The third-order valence-corrected chi connectivity index (χ3v) is 5.89. The molecule has 0 bridgehead atoms. The Hall–Kier alpha value is -4.04. The second-order valence-corrected chi connectivity index (χ2v) is 8.12. The van der Waals surface area contributed by atoms with Gasteiger partial charge in [-0.15, -0.1) is 0 Å². The van der Waals surface area contributed by atoms with Crippen LogP contribution in [0.2, 0.25) is 0 Å². The van der Waals surface area contributed by atoms with Gasteiger partial charge in [0.2, 0.25) is 0 Å². The molecule has 5 aromatic rings. The minimum Gasteiger partial charge on any atom is -0.345 e. The quantitative estimate of drug-likeness (QED) is 0.285. The lowest BCUT2D eigenvalue weighted by molar-refractivity contribution is 1.20. The Morgan fingerprint density at radius 1 is 0.438 bits per heavy atom. The molecule has 5 aromatic carbocycles. The largest absolute Gasteiger partial charge is 0.345 e. The molecule has 2 heteroatoms. The maximum Gasteiger partial charge on any atom is 0.0468 e. The lowest BCUT2D eigenvalue weighted by Gasteiger charge is -2.27. The van der Waals surface area contributed by atoms with Crippen LogP contribution in [0.25, 0.3) is 10.8 Å². The zero-order valence-corrected chi connectivity index (χ0v) is 18.4. The molecule has 0 saturated carbocycles. The molecule has 0 saturated heterocycles. The van der Waals surface area contributed by atoms with Crippen molar-refractivity contribution in [2.75, 3.05) is 16.8 Å². The van der Waals surface area contributed by atoms with Gasteiger partial charge in [0.05, 0.1) is 0 Å². The Kier molecular flexibility index (Phi) is 5.35. The molecular formula is C30H26N2. The van der Waals surface area contributed by atoms with Gasteiger partial charge in [0, 0.05) is 35.5 Å². The van der Waals surface area contributed by atoms with Crippen molar-refractivity contribution in [2.45, 2.75) is 6.92 Å². The van der Waals surface area contributed by atoms with Crippen molar-refractivity contribution in [3.05, 3.63) is 127 Å². The Bertz CT molecular complexity index is 1340. The van der Waals surface area contributed by atoms with E-state index in [2.05, 4.69) is 145 Å². The zero-order chi connectivity index (χ0) is 21.9. The molecule has 0 radical (unpaired) electrons. The number of hydrogen-bond donors (Lipinski definition) is 0. The number of anilines is 5. The molecular weight excluding hydrogens is 388 g/mol. The van der Waals surface area contributed by atoms with Gasteiger partial charge in [-0.2, -0.15) is 0 Å². The summed E-state index contributed by atoms with van der Waals surface area (Å²) in [5.41, 5.74) is 7.03. The first-order chi connectivity index (χ1) is 15.7. The summed E-state index contributed by atoms with van der Waals surface area (Å²) in [6.45, 7) is 2.13. The van der Waals surface area contributed by atoms with Gasteiger partial charge in [0.15, 0.2) is 0 Å². The zero-order valence-electron chi connectivity index (χ0n) is 18.4. The lowest BCUT2D eigenvalue weighted by Crippen LogP contribution is -2.12. The van der Waals surface area contributed by atoms with E-state index in [4.69, 9.17) is 0 Å². The third kappa shape index (κ3) is 3.95. The van der Waals surface area contributed by atoms with Crippen LogP contribution < -0.4 is 9.80 Å². The molecule has 5 rings (SSSR count). The van der Waals surface area contributed by atoms with Crippen molar-refractivity contribution < 1.29 is 0 Å². The second kappa shape index (κ2) is 8.60. The predicted octanol–water partition coefficient (Wildman–Crippen LogP) is 8.39. The minimum absolute atomic E-state index is 1.13. The highest BCUT2D eigenvalue weighted by molar-refractivity contribution is 5.89. The van der Waals surface area contributed by atoms with Crippen molar-refractivity contribution in [1.29, 1.82) is 0 Å². The minimum atomic E-state index is 1.13. The number of hydrogen-bond acceptors (Lipinski definition) is 2. The number of rotatable bonds is 5. The van der Waals surface area contributed by atoms with Crippen LogP contribution >= 0.6 is 0 Å². The van der Waals surface area contributed by atoms with Crippen molar-refractivity contribution in [1.82, 2.24) is 0 Å². The van der Waals surface area contributed by atoms with E-state index < -0.39 is 0 Å². The molecule has 0 aromatic heterocycles. The standard InChI is InChI=1S/C30H26N2/c1-23-9-8-14-29(21-23)31(2)26-17-19-28(20-18-26)32(27-12-4-3-5-13-27)30-16-15-24-10-6-7-11-25(24)22-30/h3-22H,1-2H3. The van der Waals surface area contributed by atoms with E-state index in [1.807, 2.05) is 0 Å². The highest BCUT2D eigenvalue weighted by Crippen LogP contribution is 2.37. The van der Waals surface area contributed by atoms with Crippen LogP contribution in [0.15, 0.2) is 121 Å². The number of nitrogens with zero attached hydrogens (tertiary/aromatic N) is 2. The Morgan fingerprint density at radius 2 is 1.03 bits per heavy atom. The van der Waals surface area contributed by atoms with Crippen molar-refractivity contribution in [3.63, 3.8) is 0 Å². The van der Waals surface area contributed by atoms with Gasteiger partial charge < -0.3 is 9.80 Å². The first kappa shape index (κ1) is 19.9. The van der Waals surface area contributed by atoms with Crippen LogP contribution in [-0.2, 0) is 0 Å². The summed E-state index contributed by atoms with van der Waals surface area (Å²) >= 11 is 0. The summed E-state index contributed by atoms with van der Waals surface area (Å²) in [6.07, 6.45) is 0. The van der Waals surface area contributed by atoms with Crippen LogP contribution in [-0.4, -0.2) is 7.05 Å². The third-order valence-electron chi connectivity index (χ3n) is 5.89. The summed E-state index contributed by atoms with van der Waals surface area (Å²) in [4.78, 5) is 4.53. The Balaban J connectivity index is 1.54. The van der Waals surface area contributed by atoms with E-state index in [1.165, 1.54) is 22.0 Å². The van der Waals surface area contributed by atoms with Crippen LogP contribution in [0.5, 0.6) is 0 Å². The molecule has 32 heavy (non-hydrogen) atoms. The molecule has 2 nitrogen and oxygen atoms in total. The topological polar surface area (TPSA) is 6.48 Å². The number of aryl methyl sites for hydroxylation is 1. The lowest BCUT2D eigenvalue weighted by atomic mass is 10.1. The fraction of sp³-hybridized carbons (Fsp3) is 0.0667.